The molecule has 116 valence electrons. The van der Waals surface area contributed by atoms with Gasteiger partial charge in [-0.15, -0.1) is 0 Å². The van der Waals surface area contributed by atoms with Crippen molar-refractivity contribution in [1.29, 1.82) is 0 Å². The summed E-state index contributed by atoms with van der Waals surface area (Å²) in [5.74, 6) is -0.0472. The van der Waals surface area contributed by atoms with Crippen molar-refractivity contribution in [3.05, 3.63) is 57.6 Å². The minimum atomic E-state index is -0.192. The molecular weight excluding hydrogens is 298 g/mol. The van der Waals surface area contributed by atoms with Crippen molar-refractivity contribution in [2.45, 2.75) is 33.6 Å². The van der Waals surface area contributed by atoms with E-state index in [-0.39, 0.29) is 17.6 Å². The summed E-state index contributed by atoms with van der Waals surface area (Å²) in [6.45, 7) is 7.67. The predicted octanol–water partition coefficient (Wildman–Crippen LogP) is 5.04. The molecule has 2 N–H and O–H groups in total. The molecule has 0 aliphatic carbocycles. The van der Waals surface area contributed by atoms with Crippen molar-refractivity contribution in [1.82, 2.24) is 0 Å². The standard InChI is InChI=1S/C18H20ClNO2/c1-10(2)15-14(9-12(4)17(21)16(15)19)20-18(22)13-7-5-11(3)6-8-13/h5-10,21H,1-4H3,(H,20,22). The molecule has 4 heteroatoms. The first-order valence-electron chi connectivity index (χ1n) is 7.21. The van der Waals surface area contributed by atoms with Crippen LogP contribution in [-0.2, 0) is 0 Å². The Labute approximate surface area is 135 Å². The van der Waals surface area contributed by atoms with E-state index in [4.69, 9.17) is 11.6 Å². The Balaban J connectivity index is 2.40. The van der Waals surface area contributed by atoms with Gasteiger partial charge in [-0.3, -0.25) is 4.79 Å². The SMILES string of the molecule is Cc1ccc(C(=O)Nc2cc(C)c(O)c(Cl)c2C(C)C)cc1. The van der Waals surface area contributed by atoms with E-state index >= 15 is 0 Å². The molecular formula is C18H20ClNO2. The van der Waals surface area contributed by atoms with Crippen LogP contribution in [0, 0.1) is 13.8 Å². The Kier molecular flexibility index (Phi) is 4.77. The van der Waals surface area contributed by atoms with Gasteiger partial charge in [-0.1, -0.05) is 43.1 Å². The average Bonchev–Trinajstić information content (AvgIpc) is 2.45. The molecule has 2 rings (SSSR count). The molecule has 0 spiro atoms. The first-order chi connectivity index (χ1) is 10.3. The van der Waals surface area contributed by atoms with Crippen LogP contribution in [0.1, 0.15) is 46.8 Å². The third kappa shape index (κ3) is 3.25. The zero-order valence-corrected chi connectivity index (χ0v) is 14.0. The zero-order chi connectivity index (χ0) is 16.4. The van der Waals surface area contributed by atoms with E-state index in [1.54, 1.807) is 25.1 Å². The lowest BCUT2D eigenvalue weighted by Gasteiger charge is -2.18. The highest BCUT2D eigenvalue weighted by Crippen LogP contribution is 2.40. The minimum Gasteiger partial charge on any atom is -0.506 e. The maximum atomic E-state index is 12.4. The van der Waals surface area contributed by atoms with E-state index in [1.165, 1.54) is 0 Å². The number of hydrogen-bond donors (Lipinski definition) is 2. The van der Waals surface area contributed by atoms with Crippen LogP contribution in [-0.4, -0.2) is 11.0 Å². The summed E-state index contributed by atoms with van der Waals surface area (Å²) < 4.78 is 0. The molecule has 0 fully saturated rings. The van der Waals surface area contributed by atoms with E-state index in [9.17, 15) is 9.90 Å². The summed E-state index contributed by atoms with van der Waals surface area (Å²) in [6, 6.07) is 9.12. The fourth-order valence-electron chi connectivity index (χ4n) is 2.35. The average molecular weight is 318 g/mol. The minimum absolute atomic E-state index is 0.0682. The van der Waals surface area contributed by atoms with Gasteiger partial charge in [0.1, 0.15) is 5.75 Å². The first-order valence-corrected chi connectivity index (χ1v) is 7.59. The van der Waals surface area contributed by atoms with Crippen molar-refractivity contribution in [3.63, 3.8) is 0 Å². The number of aryl methyl sites for hydroxylation is 2. The van der Waals surface area contributed by atoms with Gasteiger partial charge in [0.15, 0.2) is 0 Å². The Bertz CT molecular complexity index is 706. The Morgan fingerprint density at radius 3 is 2.32 bits per heavy atom. The van der Waals surface area contributed by atoms with Gasteiger partial charge < -0.3 is 10.4 Å². The number of benzene rings is 2. The number of amides is 1. The molecule has 0 aliphatic heterocycles. The number of phenols is 1. The monoisotopic (exact) mass is 317 g/mol. The lowest BCUT2D eigenvalue weighted by Crippen LogP contribution is -2.14. The molecule has 1 amide bonds. The van der Waals surface area contributed by atoms with Gasteiger partial charge in [0.2, 0.25) is 0 Å². The van der Waals surface area contributed by atoms with Gasteiger partial charge in [-0.05, 0) is 43.5 Å². The number of aromatic hydroxyl groups is 1. The van der Waals surface area contributed by atoms with E-state index in [1.807, 2.05) is 32.9 Å². The van der Waals surface area contributed by atoms with Crippen LogP contribution in [0.4, 0.5) is 5.69 Å². The highest BCUT2D eigenvalue weighted by atomic mass is 35.5. The van der Waals surface area contributed by atoms with E-state index in [0.717, 1.165) is 11.1 Å². The van der Waals surface area contributed by atoms with Gasteiger partial charge in [0.05, 0.1) is 5.02 Å². The molecule has 0 saturated carbocycles. The third-order valence-electron chi connectivity index (χ3n) is 3.61. The molecule has 2 aromatic carbocycles. The highest BCUT2D eigenvalue weighted by Gasteiger charge is 2.19. The number of carbonyl (C=O) groups excluding carboxylic acids is 1. The quantitative estimate of drug-likeness (QED) is 0.779. The summed E-state index contributed by atoms with van der Waals surface area (Å²) in [5.41, 5.74) is 3.70. The molecule has 0 atom stereocenters. The highest BCUT2D eigenvalue weighted by molar-refractivity contribution is 6.33. The summed E-state index contributed by atoms with van der Waals surface area (Å²) in [5, 5.41) is 13.2. The second kappa shape index (κ2) is 6.41. The number of nitrogens with one attached hydrogen (secondary N) is 1. The molecule has 3 nitrogen and oxygen atoms in total. The number of halogens is 1. The van der Waals surface area contributed by atoms with Crippen LogP contribution >= 0.6 is 11.6 Å². The van der Waals surface area contributed by atoms with Gasteiger partial charge >= 0.3 is 0 Å². The van der Waals surface area contributed by atoms with E-state index < -0.39 is 0 Å². The predicted molar refractivity (Wildman–Crippen MR) is 91.1 cm³/mol. The van der Waals surface area contributed by atoms with Crippen LogP contribution < -0.4 is 5.32 Å². The number of hydrogen-bond acceptors (Lipinski definition) is 2. The van der Waals surface area contributed by atoms with Crippen LogP contribution in [0.15, 0.2) is 30.3 Å². The van der Waals surface area contributed by atoms with Crippen molar-refractivity contribution in [2.24, 2.45) is 0 Å². The Hall–Kier alpha value is -2.00. The van der Waals surface area contributed by atoms with Crippen LogP contribution in [0.3, 0.4) is 0 Å². The largest absolute Gasteiger partial charge is 0.506 e. The fourth-order valence-corrected chi connectivity index (χ4v) is 2.82. The molecule has 0 radical (unpaired) electrons. The molecule has 22 heavy (non-hydrogen) atoms. The summed E-state index contributed by atoms with van der Waals surface area (Å²) in [6.07, 6.45) is 0. The molecule has 0 heterocycles. The topological polar surface area (TPSA) is 49.3 Å². The smallest absolute Gasteiger partial charge is 0.255 e. The lowest BCUT2D eigenvalue weighted by molar-refractivity contribution is 0.102. The molecule has 0 bridgehead atoms. The van der Waals surface area contributed by atoms with Crippen molar-refractivity contribution in [3.8, 4) is 5.75 Å². The summed E-state index contributed by atoms with van der Waals surface area (Å²) in [4.78, 5) is 12.4. The lowest BCUT2D eigenvalue weighted by atomic mass is 9.98. The normalized spacial score (nSPS) is 10.8. The maximum absolute atomic E-state index is 12.4. The first kappa shape index (κ1) is 16.4. The van der Waals surface area contributed by atoms with Gasteiger partial charge in [-0.25, -0.2) is 0 Å². The fraction of sp³-hybridized carbons (Fsp3) is 0.278. The Morgan fingerprint density at radius 1 is 1.18 bits per heavy atom. The van der Waals surface area contributed by atoms with Gasteiger partial charge in [0.25, 0.3) is 5.91 Å². The van der Waals surface area contributed by atoms with Crippen LogP contribution in [0.2, 0.25) is 5.02 Å². The van der Waals surface area contributed by atoms with Crippen LogP contribution in [0.25, 0.3) is 0 Å². The molecule has 0 saturated heterocycles. The van der Waals surface area contributed by atoms with Crippen molar-refractivity contribution >= 4 is 23.2 Å². The number of carbonyl (C=O) groups is 1. The third-order valence-corrected chi connectivity index (χ3v) is 3.99. The zero-order valence-electron chi connectivity index (χ0n) is 13.2. The number of anilines is 1. The van der Waals surface area contributed by atoms with Crippen LogP contribution in [0.5, 0.6) is 5.75 Å². The summed E-state index contributed by atoms with van der Waals surface area (Å²) in [7, 11) is 0. The molecule has 2 aromatic rings. The van der Waals surface area contributed by atoms with Crippen molar-refractivity contribution < 1.29 is 9.90 Å². The second-order valence-electron chi connectivity index (χ2n) is 5.79. The van der Waals surface area contributed by atoms with Gasteiger partial charge in [0, 0.05) is 16.8 Å². The number of rotatable bonds is 3. The second-order valence-corrected chi connectivity index (χ2v) is 6.17. The van der Waals surface area contributed by atoms with Crippen molar-refractivity contribution in [2.75, 3.05) is 5.32 Å². The Morgan fingerprint density at radius 2 is 1.77 bits per heavy atom. The number of phenolic OH excluding ortho intramolecular Hbond substituents is 1. The van der Waals surface area contributed by atoms with E-state index in [0.29, 0.717) is 21.8 Å². The molecule has 0 aliphatic rings. The van der Waals surface area contributed by atoms with Gasteiger partial charge in [-0.2, -0.15) is 0 Å². The molecule has 0 aromatic heterocycles. The van der Waals surface area contributed by atoms with E-state index in [2.05, 4.69) is 5.32 Å². The molecule has 0 unspecified atom stereocenters. The maximum Gasteiger partial charge on any atom is 0.255 e. The summed E-state index contributed by atoms with van der Waals surface area (Å²) >= 11 is 6.25.